The summed E-state index contributed by atoms with van der Waals surface area (Å²) in [4.78, 5) is 19.1. The van der Waals surface area contributed by atoms with E-state index < -0.39 is 0 Å². The lowest BCUT2D eigenvalue weighted by atomic mass is 10.1. The van der Waals surface area contributed by atoms with Crippen molar-refractivity contribution in [1.29, 1.82) is 0 Å². The van der Waals surface area contributed by atoms with Crippen LogP contribution < -0.4 is 4.90 Å². The van der Waals surface area contributed by atoms with E-state index in [2.05, 4.69) is 11.2 Å². The van der Waals surface area contributed by atoms with Crippen molar-refractivity contribution in [1.82, 2.24) is 0 Å². The Balaban J connectivity index is 1.57. The number of fused-ring (bicyclic) bond motifs is 1. The average Bonchev–Trinajstić information content (AvgIpc) is 2.97. The third-order valence-corrected chi connectivity index (χ3v) is 3.83. The zero-order chi connectivity index (χ0) is 15.4. The Kier molecular flexibility index (Phi) is 4.19. The fourth-order valence-electron chi connectivity index (χ4n) is 2.59. The zero-order valence-corrected chi connectivity index (χ0v) is 12.5. The molecule has 0 bridgehead atoms. The molecule has 1 aliphatic rings. The van der Waals surface area contributed by atoms with E-state index in [1.165, 1.54) is 5.56 Å². The van der Waals surface area contributed by atoms with Crippen LogP contribution in [0.5, 0.6) is 0 Å². The molecule has 0 radical (unpaired) electrons. The predicted molar refractivity (Wildman–Crippen MR) is 87.2 cm³/mol. The van der Waals surface area contributed by atoms with Crippen LogP contribution in [0, 0.1) is 6.92 Å². The molecule has 1 heterocycles. The van der Waals surface area contributed by atoms with Gasteiger partial charge in [-0.1, -0.05) is 47.6 Å². The highest BCUT2D eigenvalue weighted by Crippen LogP contribution is 2.27. The lowest BCUT2D eigenvalue weighted by Crippen LogP contribution is -2.31. The van der Waals surface area contributed by atoms with E-state index in [0.717, 1.165) is 23.2 Å². The monoisotopic (exact) mass is 294 g/mol. The van der Waals surface area contributed by atoms with Crippen LogP contribution in [-0.2, 0) is 16.1 Å². The van der Waals surface area contributed by atoms with Crippen molar-refractivity contribution in [3.63, 3.8) is 0 Å². The molecule has 22 heavy (non-hydrogen) atoms. The predicted octanol–water partition coefficient (Wildman–Crippen LogP) is 2.93. The fourth-order valence-corrected chi connectivity index (χ4v) is 2.59. The maximum atomic E-state index is 12.2. The summed E-state index contributed by atoms with van der Waals surface area (Å²) in [5, 5.41) is 3.90. The number of hydrogen-bond acceptors (Lipinski definition) is 3. The van der Waals surface area contributed by atoms with E-state index in [-0.39, 0.29) is 12.5 Å². The summed E-state index contributed by atoms with van der Waals surface area (Å²) in [6.07, 6.45) is 2.54. The molecule has 4 nitrogen and oxygen atoms in total. The zero-order valence-electron chi connectivity index (χ0n) is 12.5. The van der Waals surface area contributed by atoms with Gasteiger partial charge in [-0.15, -0.1) is 0 Å². The van der Waals surface area contributed by atoms with Gasteiger partial charge in [0, 0.05) is 12.2 Å². The molecule has 0 unspecified atom stereocenters. The van der Waals surface area contributed by atoms with E-state index in [9.17, 15) is 4.79 Å². The molecule has 1 amide bonds. The summed E-state index contributed by atoms with van der Waals surface area (Å²) < 4.78 is 0. The molecule has 0 aromatic heterocycles. The van der Waals surface area contributed by atoms with Crippen molar-refractivity contribution in [3.05, 3.63) is 65.2 Å². The highest BCUT2D eigenvalue weighted by atomic mass is 16.6. The minimum absolute atomic E-state index is 0.0449. The molecule has 0 fully saturated rings. The van der Waals surface area contributed by atoms with Gasteiger partial charge >= 0.3 is 0 Å². The average molecular weight is 294 g/mol. The Morgan fingerprint density at radius 1 is 1.23 bits per heavy atom. The number of hydrogen-bond donors (Lipinski definition) is 0. The number of anilines is 1. The van der Waals surface area contributed by atoms with Crippen LogP contribution in [-0.4, -0.2) is 25.3 Å². The highest BCUT2D eigenvalue weighted by Gasteiger charge is 2.24. The van der Waals surface area contributed by atoms with Crippen LogP contribution in [0.2, 0.25) is 0 Å². The number of carbonyl (C=O) groups excluding carboxylic acids is 1. The van der Waals surface area contributed by atoms with Gasteiger partial charge < -0.3 is 9.74 Å². The molecule has 112 valence electrons. The second-order valence-corrected chi connectivity index (χ2v) is 5.29. The van der Waals surface area contributed by atoms with Gasteiger partial charge in [-0.3, -0.25) is 4.79 Å². The number of para-hydroxylation sites is 1. The summed E-state index contributed by atoms with van der Waals surface area (Å²) in [6.45, 7) is 2.67. The number of carbonyl (C=O) groups is 1. The third kappa shape index (κ3) is 3.01. The van der Waals surface area contributed by atoms with Crippen molar-refractivity contribution in [3.8, 4) is 0 Å². The maximum Gasteiger partial charge on any atom is 0.267 e. The Morgan fingerprint density at radius 3 is 2.86 bits per heavy atom. The molecule has 0 N–H and O–H groups in total. The number of benzene rings is 2. The number of rotatable bonds is 4. The second kappa shape index (κ2) is 6.43. The molecule has 0 atom stereocenters. The minimum atomic E-state index is -0.0631. The lowest BCUT2D eigenvalue weighted by molar-refractivity contribution is -0.122. The van der Waals surface area contributed by atoms with Crippen LogP contribution in [0.3, 0.4) is 0 Å². The number of nitrogens with zero attached hydrogens (tertiary/aromatic N) is 2. The van der Waals surface area contributed by atoms with E-state index in [1.807, 2.05) is 49.4 Å². The molecule has 0 saturated carbocycles. The van der Waals surface area contributed by atoms with E-state index in [0.29, 0.717) is 6.54 Å². The molecule has 4 heteroatoms. The first kappa shape index (κ1) is 14.3. The normalized spacial score (nSPS) is 13.4. The minimum Gasteiger partial charge on any atom is -0.386 e. The summed E-state index contributed by atoms with van der Waals surface area (Å²) >= 11 is 0. The quantitative estimate of drug-likeness (QED) is 0.642. The van der Waals surface area contributed by atoms with Crippen LogP contribution in [0.25, 0.3) is 0 Å². The number of oxime groups is 1. The van der Waals surface area contributed by atoms with Gasteiger partial charge in [0.1, 0.15) is 0 Å². The summed E-state index contributed by atoms with van der Waals surface area (Å²) in [5.74, 6) is -0.0631. The summed E-state index contributed by atoms with van der Waals surface area (Å²) in [7, 11) is 0. The van der Waals surface area contributed by atoms with Crippen molar-refractivity contribution < 1.29 is 9.63 Å². The topological polar surface area (TPSA) is 41.9 Å². The summed E-state index contributed by atoms with van der Waals surface area (Å²) in [6, 6.07) is 15.9. The molecule has 1 aliphatic heterocycles. The lowest BCUT2D eigenvalue weighted by Gasteiger charge is -2.16. The van der Waals surface area contributed by atoms with Crippen LogP contribution in [0.4, 0.5) is 5.69 Å². The van der Waals surface area contributed by atoms with Gasteiger partial charge in [-0.2, -0.15) is 0 Å². The smallest absolute Gasteiger partial charge is 0.267 e. The van der Waals surface area contributed by atoms with E-state index in [4.69, 9.17) is 4.84 Å². The van der Waals surface area contributed by atoms with Gasteiger partial charge in [0.2, 0.25) is 0 Å². The molecular weight excluding hydrogens is 276 g/mol. The molecule has 3 rings (SSSR count). The van der Waals surface area contributed by atoms with E-state index >= 15 is 0 Å². The first-order valence-corrected chi connectivity index (χ1v) is 7.35. The SMILES string of the molecule is Cc1ccccc1/C=N\OCC(=O)N1CCc2ccccc21. The number of amides is 1. The standard InChI is InChI=1S/C18H18N2O2/c1-14-6-2-3-8-16(14)12-19-22-13-18(21)20-11-10-15-7-4-5-9-17(15)20/h2-9,12H,10-11,13H2,1H3/b19-12-. The van der Waals surface area contributed by atoms with Crippen molar-refractivity contribution >= 4 is 17.8 Å². The molecule has 2 aromatic carbocycles. The van der Waals surface area contributed by atoms with Crippen LogP contribution in [0.15, 0.2) is 53.7 Å². The van der Waals surface area contributed by atoms with Crippen molar-refractivity contribution in [2.24, 2.45) is 5.16 Å². The van der Waals surface area contributed by atoms with Gasteiger partial charge in [-0.25, -0.2) is 0 Å². The highest BCUT2D eigenvalue weighted by molar-refractivity contribution is 5.96. The first-order chi connectivity index (χ1) is 10.8. The Bertz CT molecular complexity index is 710. The van der Waals surface area contributed by atoms with Gasteiger partial charge in [-0.05, 0) is 36.1 Å². The Labute approximate surface area is 130 Å². The Morgan fingerprint density at radius 2 is 2.00 bits per heavy atom. The molecule has 0 saturated heterocycles. The summed E-state index contributed by atoms with van der Waals surface area (Å²) in [5.41, 5.74) is 4.30. The van der Waals surface area contributed by atoms with Crippen molar-refractivity contribution in [2.75, 3.05) is 18.1 Å². The van der Waals surface area contributed by atoms with Gasteiger partial charge in [0.05, 0.1) is 6.21 Å². The number of aryl methyl sites for hydroxylation is 1. The van der Waals surface area contributed by atoms with Gasteiger partial charge in [0.25, 0.3) is 5.91 Å². The molecule has 2 aromatic rings. The van der Waals surface area contributed by atoms with E-state index in [1.54, 1.807) is 11.1 Å². The largest absolute Gasteiger partial charge is 0.386 e. The third-order valence-electron chi connectivity index (χ3n) is 3.83. The maximum absolute atomic E-state index is 12.2. The first-order valence-electron chi connectivity index (χ1n) is 7.35. The van der Waals surface area contributed by atoms with Crippen molar-refractivity contribution in [2.45, 2.75) is 13.3 Å². The molecule has 0 spiro atoms. The van der Waals surface area contributed by atoms with Crippen LogP contribution >= 0.6 is 0 Å². The fraction of sp³-hybridized carbons (Fsp3) is 0.222. The second-order valence-electron chi connectivity index (χ2n) is 5.29. The van der Waals surface area contributed by atoms with Crippen LogP contribution in [0.1, 0.15) is 16.7 Å². The molecular formula is C18H18N2O2. The molecule has 0 aliphatic carbocycles. The Hall–Kier alpha value is -2.62. The van der Waals surface area contributed by atoms with Gasteiger partial charge in [0.15, 0.2) is 6.61 Å².